The van der Waals surface area contributed by atoms with Crippen molar-refractivity contribution < 1.29 is 9.18 Å². The summed E-state index contributed by atoms with van der Waals surface area (Å²) in [5, 5.41) is 5.30. The molecule has 0 bridgehead atoms. The van der Waals surface area contributed by atoms with Gasteiger partial charge in [0, 0.05) is 18.7 Å². The fourth-order valence-corrected chi connectivity index (χ4v) is 3.57. The summed E-state index contributed by atoms with van der Waals surface area (Å²) >= 11 is 0. The molecular formula is C19H19FN6O. The average molecular weight is 366 g/mol. The van der Waals surface area contributed by atoms with Gasteiger partial charge in [0.25, 0.3) is 0 Å². The second kappa shape index (κ2) is 6.79. The number of hydrogen-bond acceptors (Lipinski definition) is 5. The van der Waals surface area contributed by atoms with E-state index in [4.69, 9.17) is 10.8 Å². The molecule has 0 aliphatic carbocycles. The van der Waals surface area contributed by atoms with Crippen LogP contribution in [0.3, 0.4) is 0 Å². The molecule has 7 nitrogen and oxygen atoms in total. The van der Waals surface area contributed by atoms with E-state index in [1.54, 1.807) is 21.7 Å². The summed E-state index contributed by atoms with van der Waals surface area (Å²) in [6.45, 7) is 4.76. The van der Waals surface area contributed by atoms with Crippen molar-refractivity contribution in [2.45, 2.75) is 18.9 Å². The molecular weight excluding hydrogens is 347 g/mol. The molecule has 1 aromatic carbocycles. The second-order valence-corrected chi connectivity index (χ2v) is 6.55. The van der Waals surface area contributed by atoms with Crippen LogP contribution in [0.5, 0.6) is 0 Å². The molecule has 138 valence electrons. The van der Waals surface area contributed by atoms with Gasteiger partial charge >= 0.3 is 0 Å². The SMILES string of the molecule is C=CC(=O)N1CCCC(n2nc(-c3cccc(F)c3)c3c(N)ncnc32)C1. The maximum absolute atomic E-state index is 13.7. The molecule has 0 saturated carbocycles. The number of nitrogen functional groups attached to an aromatic ring is 1. The number of likely N-dealkylation sites (tertiary alicyclic amines) is 1. The third kappa shape index (κ3) is 3.03. The standard InChI is InChI=1S/C19H19FN6O/c1-2-15(27)25-8-4-7-14(10-25)26-19-16(18(21)22-11-23-19)17(24-26)12-5-3-6-13(20)9-12/h2-3,5-6,9,11,14H,1,4,7-8,10H2,(H2,21,22,23). The third-order valence-electron chi connectivity index (χ3n) is 4.84. The molecule has 1 aliphatic heterocycles. The normalized spacial score (nSPS) is 17.2. The lowest BCUT2D eigenvalue weighted by Crippen LogP contribution is -2.40. The Morgan fingerprint density at radius 1 is 1.37 bits per heavy atom. The van der Waals surface area contributed by atoms with Crippen LogP contribution in [0, 0.1) is 5.82 Å². The number of nitrogens with two attached hydrogens (primary N) is 1. The number of halogens is 1. The zero-order chi connectivity index (χ0) is 19.0. The molecule has 0 radical (unpaired) electrons. The molecule has 3 aromatic rings. The van der Waals surface area contributed by atoms with Gasteiger partial charge in [0.15, 0.2) is 5.65 Å². The van der Waals surface area contributed by atoms with Gasteiger partial charge in [0.1, 0.15) is 23.7 Å². The second-order valence-electron chi connectivity index (χ2n) is 6.55. The summed E-state index contributed by atoms with van der Waals surface area (Å²) in [6, 6.07) is 6.13. The number of fused-ring (bicyclic) bond motifs is 1. The van der Waals surface area contributed by atoms with E-state index in [2.05, 4.69) is 16.5 Å². The summed E-state index contributed by atoms with van der Waals surface area (Å²) in [7, 11) is 0. The first-order valence-electron chi connectivity index (χ1n) is 8.74. The van der Waals surface area contributed by atoms with E-state index in [-0.39, 0.29) is 17.8 Å². The number of anilines is 1. The van der Waals surface area contributed by atoms with E-state index in [0.717, 1.165) is 12.8 Å². The maximum atomic E-state index is 13.7. The van der Waals surface area contributed by atoms with E-state index >= 15 is 0 Å². The lowest BCUT2D eigenvalue weighted by molar-refractivity contribution is -0.127. The Hall–Kier alpha value is -3.29. The fourth-order valence-electron chi connectivity index (χ4n) is 3.57. The molecule has 2 aromatic heterocycles. The molecule has 2 N–H and O–H groups in total. The number of benzene rings is 1. The Kier molecular flexibility index (Phi) is 4.31. The van der Waals surface area contributed by atoms with Gasteiger partial charge in [-0.2, -0.15) is 5.10 Å². The Balaban J connectivity index is 1.83. The van der Waals surface area contributed by atoms with Crippen molar-refractivity contribution >= 4 is 22.8 Å². The predicted octanol–water partition coefficient (Wildman–Crippen LogP) is 2.56. The highest BCUT2D eigenvalue weighted by Crippen LogP contribution is 2.33. The number of nitrogens with zero attached hydrogens (tertiary/aromatic N) is 5. The highest BCUT2D eigenvalue weighted by Gasteiger charge is 2.28. The Bertz CT molecular complexity index is 1030. The van der Waals surface area contributed by atoms with Gasteiger partial charge in [-0.25, -0.2) is 19.0 Å². The monoisotopic (exact) mass is 366 g/mol. The van der Waals surface area contributed by atoms with Crippen LogP contribution in [-0.4, -0.2) is 43.6 Å². The smallest absolute Gasteiger partial charge is 0.246 e. The number of rotatable bonds is 3. The Morgan fingerprint density at radius 2 is 2.22 bits per heavy atom. The van der Waals surface area contributed by atoms with Gasteiger partial charge in [-0.05, 0) is 31.1 Å². The van der Waals surface area contributed by atoms with Crippen molar-refractivity contribution in [3.63, 3.8) is 0 Å². The van der Waals surface area contributed by atoms with Crippen molar-refractivity contribution in [3.8, 4) is 11.3 Å². The van der Waals surface area contributed by atoms with Crippen LogP contribution in [0.15, 0.2) is 43.2 Å². The minimum atomic E-state index is -0.356. The van der Waals surface area contributed by atoms with E-state index in [9.17, 15) is 9.18 Å². The zero-order valence-corrected chi connectivity index (χ0v) is 14.7. The molecule has 1 aliphatic rings. The first-order chi connectivity index (χ1) is 13.1. The molecule has 1 amide bonds. The van der Waals surface area contributed by atoms with Gasteiger partial charge in [-0.1, -0.05) is 18.7 Å². The Labute approximate surface area is 155 Å². The molecule has 1 atom stereocenters. The molecule has 1 saturated heterocycles. The van der Waals surface area contributed by atoms with Crippen LogP contribution in [0.4, 0.5) is 10.2 Å². The molecule has 0 spiro atoms. The Morgan fingerprint density at radius 3 is 3.00 bits per heavy atom. The van der Waals surface area contributed by atoms with Crippen LogP contribution in [-0.2, 0) is 4.79 Å². The number of aromatic nitrogens is 4. The van der Waals surface area contributed by atoms with Gasteiger partial charge in [0.2, 0.25) is 5.91 Å². The van der Waals surface area contributed by atoms with Crippen LogP contribution >= 0.6 is 0 Å². The van der Waals surface area contributed by atoms with Crippen LogP contribution in [0.2, 0.25) is 0 Å². The maximum Gasteiger partial charge on any atom is 0.246 e. The molecule has 4 rings (SSSR count). The summed E-state index contributed by atoms with van der Waals surface area (Å²) < 4.78 is 15.5. The van der Waals surface area contributed by atoms with Gasteiger partial charge in [-0.3, -0.25) is 4.79 Å². The van der Waals surface area contributed by atoms with Crippen molar-refractivity contribution in [2.24, 2.45) is 0 Å². The number of carbonyl (C=O) groups excluding carboxylic acids is 1. The summed E-state index contributed by atoms with van der Waals surface area (Å²) in [5.74, 6) is -0.165. The van der Waals surface area contributed by atoms with Gasteiger partial charge < -0.3 is 10.6 Å². The number of carbonyl (C=O) groups is 1. The van der Waals surface area contributed by atoms with Crippen molar-refractivity contribution in [1.82, 2.24) is 24.6 Å². The first kappa shape index (κ1) is 17.1. The quantitative estimate of drug-likeness (QED) is 0.720. The highest BCUT2D eigenvalue weighted by atomic mass is 19.1. The molecule has 27 heavy (non-hydrogen) atoms. The van der Waals surface area contributed by atoms with E-state index in [1.807, 2.05) is 0 Å². The van der Waals surface area contributed by atoms with E-state index in [1.165, 1.54) is 24.5 Å². The minimum Gasteiger partial charge on any atom is -0.383 e. The summed E-state index contributed by atoms with van der Waals surface area (Å²) in [5.41, 5.74) is 7.82. The van der Waals surface area contributed by atoms with Crippen molar-refractivity contribution in [3.05, 3.63) is 49.1 Å². The largest absolute Gasteiger partial charge is 0.383 e. The lowest BCUT2D eigenvalue weighted by Gasteiger charge is -2.32. The summed E-state index contributed by atoms with van der Waals surface area (Å²) in [6.07, 6.45) is 4.41. The van der Waals surface area contributed by atoms with Crippen LogP contribution in [0.1, 0.15) is 18.9 Å². The fraction of sp³-hybridized carbons (Fsp3) is 0.263. The molecule has 1 unspecified atom stereocenters. The van der Waals surface area contributed by atoms with Gasteiger partial charge in [0.05, 0.1) is 11.4 Å². The third-order valence-corrected chi connectivity index (χ3v) is 4.84. The molecule has 1 fully saturated rings. The highest BCUT2D eigenvalue weighted by molar-refractivity contribution is 5.98. The summed E-state index contributed by atoms with van der Waals surface area (Å²) in [4.78, 5) is 22.2. The van der Waals surface area contributed by atoms with Crippen molar-refractivity contribution in [1.29, 1.82) is 0 Å². The van der Waals surface area contributed by atoms with E-state index in [0.29, 0.717) is 41.2 Å². The molecule has 8 heteroatoms. The first-order valence-corrected chi connectivity index (χ1v) is 8.74. The number of amides is 1. The lowest BCUT2D eigenvalue weighted by atomic mass is 10.1. The van der Waals surface area contributed by atoms with Gasteiger partial charge in [-0.15, -0.1) is 0 Å². The molecule has 3 heterocycles. The average Bonchev–Trinajstić information content (AvgIpc) is 3.08. The topological polar surface area (TPSA) is 89.9 Å². The van der Waals surface area contributed by atoms with Crippen molar-refractivity contribution in [2.75, 3.05) is 18.8 Å². The number of piperidine rings is 1. The number of hydrogen-bond donors (Lipinski definition) is 1. The predicted molar refractivity (Wildman–Crippen MR) is 100 cm³/mol. The van der Waals surface area contributed by atoms with E-state index < -0.39 is 0 Å². The minimum absolute atomic E-state index is 0.0539. The van der Waals surface area contributed by atoms with Crippen LogP contribution < -0.4 is 5.73 Å². The zero-order valence-electron chi connectivity index (χ0n) is 14.7. The van der Waals surface area contributed by atoms with Crippen LogP contribution in [0.25, 0.3) is 22.3 Å².